The predicted molar refractivity (Wildman–Crippen MR) is 117 cm³/mol. The molecular formula is C24H14N6. The third-order valence-corrected chi connectivity index (χ3v) is 5.33. The Morgan fingerprint density at radius 1 is 0.500 bits per heavy atom. The zero-order valence-corrected chi connectivity index (χ0v) is 15.8. The number of hydrogen-bond acceptors (Lipinski definition) is 6. The van der Waals surface area contributed by atoms with E-state index in [9.17, 15) is 0 Å². The highest BCUT2D eigenvalue weighted by Gasteiger charge is 2.14. The summed E-state index contributed by atoms with van der Waals surface area (Å²) < 4.78 is 0. The number of nitrogens with zero attached hydrogens (tertiary/aromatic N) is 6. The van der Waals surface area contributed by atoms with E-state index in [0.717, 1.165) is 38.1 Å². The van der Waals surface area contributed by atoms with Crippen LogP contribution in [0.2, 0.25) is 0 Å². The molecule has 6 heteroatoms. The van der Waals surface area contributed by atoms with Crippen LogP contribution in [0.25, 0.3) is 55.1 Å². The van der Waals surface area contributed by atoms with Crippen LogP contribution in [0.4, 0.5) is 0 Å². The maximum absolute atomic E-state index is 4.40. The van der Waals surface area contributed by atoms with E-state index >= 15 is 0 Å². The fourth-order valence-electron chi connectivity index (χ4n) is 4.01. The smallest absolute Gasteiger partial charge is 0.163 e. The normalized spacial score (nSPS) is 11.3. The highest BCUT2D eigenvalue weighted by atomic mass is 15.0. The van der Waals surface area contributed by atoms with Crippen LogP contribution < -0.4 is 0 Å². The lowest BCUT2D eigenvalue weighted by atomic mass is 9.92. The zero-order valence-electron chi connectivity index (χ0n) is 15.8. The molecule has 0 amide bonds. The minimum Gasteiger partial charge on any atom is -0.225 e. The molecule has 0 unspecified atom stereocenters. The molecule has 6 aromatic rings. The summed E-state index contributed by atoms with van der Waals surface area (Å²) in [6.07, 6.45) is 6.10. The van der Waals surface area contributed by atoms with E-state index < -0.39 is 0 Å². The van der Waals surface area contributed by atoms with Crippen molar-refractivity contribution in [1.82, 2.24) is 29.9 Å². The predicted octanol–water partition coefficient (Wildman–Crippen LogP) is 4.85. The van der Waals surface area contributed by atoms with Gasteiger partial charge in [0.1, 0.15) is 25.3 Å². The zero-order chi connectivity index (χ0) is 19.9. The first-order valence-corrected chi connectivity index (χ1v) is 9.51. The van der Waals surface area contributed by atoms with Gasteiger partial charge in [0.2, 0.25) is 0 Å². The maximum atomic E-state index is 4.40. The van der Waals surface area contributed by atoms with Gasteiger partial charge in [-0.1, -0.05) is 48.5 Å². The van der Waals surface area contributed by atoms with Crippen molar-refractivity contribution in [2.45, 2.75) is 0 Å². The Bertz CT molecular complexity index is 1530. The molecule has 0 N–H and O–H groups in total. The molecule has 30 heavy (non-hydrogen) atoms. The molecule has 0 fully saturated rings. The van der Waals surface area contributed by atoms with Crippen LogP contribution in [-0.2, 0) is 0 Å². The van der Waals surface area contributed by atoms with Gasteiger partial charge >= 0.3 is 0 Å². The summed E-state index contributed by atoms with van der Waals surface area (Å²) in [5.74, 6) is 1.32. The van der Waals surface area contributed by atoms with Crippen molar-refractivity contribution in [3.63, 3.8) is 0 Å². The molecule has 0 aliphatic rings. The summed E-state index contributed by atoms with van der Waals surface area (Å²) in [4.78, 5) is 25.3. The topological polar surface area (TPSA) is 77.3 Å². The second-order valence-electron chi connectivity index (χ2n) is 6.99. The van der Waals surface area contributed by atoms with Crippen LogP contribution in [0.3, 0.4) is 0 Å². The van der Waals surface area contributed by atoms with Crippen LogP contribution in [0.1, 0.15) is 0 Å². The number of benzene rings is 4. The van der Waals surface area contributed by atoms with E-state index in [-0.39, 0.29) is 0 Å². The van der Waals surface area contributed by atoms with Gasteiger partial charge < -0.3 is 0 Å². The second-order valence-corrected chi connectivity index (χ2v) is 6.99. The van der Waals surface area contributed by atoms with Crippen molar-refractivity contribution in [3.8, 4) is 22.8 Å². The van der Waals surface area contributed by atoms with Crippen molar-refractivity contribution in [2.24, 2.45) is 0 Å². The van der Waals surface area contributed by atoms with Crippen LogP contribution in [0, 0.1) is 0 Å². The minimum absolute atomic E-state index is 0.654. The Morgan fingerprint density at radius 2 is 1.20 bits per heavy atom. The average molecular weight is 386 g/mol. The van der Waals surface area contributed by atoms with Gasteiger partial charge in [-0.25, -0.2) is 29.9 Å². The van der Waals surface area contributed by atoms with E-state index in [1.165, 1.54) is 30.7 Å². The quantitative estimate of drug-likeness (QED) is 0.396. The van der Waals surface area contributed by atoms with Crippen molar-refractivity contribution in [3.05, 3.63) is 86.0 Å². The van der Waals surface area contributed by atoms with E-state index in [1.807, 2.05) is 12.1 Å². The van der Waals surface area contributed by atoms with E-state index in [0.29, 0.717) is 11.6 Å². The molecule has 0 aliphatic carbocycles. The minimum atomic E-state index is 0.654. The highest BCUT2D eigenvalue weighted by Crippen LogP contribution is 2.38. The standard InChI is InChI=1S/C24H14N6/c1-2-4-18-16(3-1)9-21(24-29-13-26-14-30-24)19-8-7-15-5-6-17(10-20(15)22(18)19)23-27-11-25-12-28-23/h1-14H. The van der Waals surface area contributed by atoms with Crippen LogP contribution in [0.15, 0.2) is 86.0 Å². The van der Waals surface area contributed by atoms with Gasteiger partial charge in [0.05, 0.1) is 0 Å². The van der Waals surface area contributed by atoms with Gasteiger partial charge in [0.25, 0.3) is 0 Å². The molecule has 4 aromatic carbocycles. The van der Waals surface area contributed by atoms with Crippen molar-refractivity contribution < 1.29 is 0 Å². The van der Waals surface area contributed by atoms with Gasteiger partial charge in [-0.15, -0.1) is 0 Å². The molecule has 0 atom stereocenters. The van der Waals surface area contributed by atoms with Crippen molar-refractivity contribution in [1.29, 1.82) is 0 Å². The summed E-state index contributed by atoms with van der Waals surface area (Å²) >= 11 is 0. The van der Waals surface area contributed by atoms with Gasteiger partial charge in [-0.3, -0.25) is 0 Å². The SMILES string of the molecule is c1ccc2c(c1)cc(-c1ncncn1)c1ccc3ccc(-c4ncncn4)cc3c12. The van der Waals surface area contributed by atoms with E-state index in [1.54, 1.807) is 0 Å². The molecule has 0 saturated heterocycles. The van der Waals surface area contributed by atoms with E-state index in [4.69, 9.17) is 0 Å². The van der Waals surface area contributed by atoms with Gasteiger partial charge in [-0.2, -0.15) is 0 Å². The largest absolute Gasteiger partial charge is 0.225 e. The van der Waals surface area contributed by atoms with Crippen LogP contribution in [-0.4, -0.2) is 29.9 Å². The Kier molecular flexibility index (Phi) is 3.67. The average Bonchev–Trinajstić information content (AvgIpc) is 2.84. The first kappa shape index (κ1) is 16.6. The lowest BCUT2D eigenvalue weighted by Crippen LogP contribution is -1.93. The fraction of sp³-hybridized carbons (Fsp3) is 0. The Morgan fingerprint density at radius 3 is 2.00 bits per heavy atom. The van der Waals surface area contributed by atoms with Crippen LogP contribution in [0.5, 0.6) is 0 Å². The fourth-order valence-corrected chi connectivity index (χ4v) is 4.01. The lowest BCUT2D eigenvalue weighted by molar-refractivity contribution is 1.06. The monoisotopic (exact) mass is 386 g/mol. The Balaban J connectivity index is 1.77. The molecule has 0 radical (unpaired) electrons. The van der Waals surface area contributed by atoms with Crippen molar-refractivity contribution in [2.75, 3.05) is 0 Å². The molecule has 0 saturated carbocycles. The molecule has 140 valence electrons. The lowest BCUT2D eigenvalue weighted by Gasteiger charge is -2.13. The van der Waals surface area contributed by atoms with Crippen LogP contribution >= 0.6 is 0 Å². The summed E-state index contributed by atoms with van der Waals surface area (Å²) in [5, 5.41) is 6.87. The molecule has 0 bridgehead atoms. The van der Waals surface area contributed by atoms with Gasteiger partial charge in [-0.05, 0) is 44.5 Å². The summed E-state index contributed by atoms with van der Waals surface area (Å²) in [5.41, 5.74) is 1.94. The molecule has 0 spiro atoms. The molecule has 0 aliphatic heterocycles. The Hall–Kier alpha value is -4.32. The third kappa shape index (κ3) is 2.58. The highest BCUT2D eigenvalue weighted by molar-refractivity contribution is 6.24. The first-order valence-electron chi connectivity index (χ1n) is 9.51. The number of hydrogen-bond donors (Lipinski definition) is 0. The summed E-state index contributed by atoms with van der Waals surface area (Å²) in [6.45, 7) is 0. The number of fused-ring (bicyclic) bond motifs is 5. The molecule has 2 heterocycles. The molecule has 2 aromatic heterocycles. The van der Waals surface area contributed by atoms with E-state index in [2.05, 4.69) is 78.4 Å². The van der Waals surface area contributed by atoms with Gasteiger partial charge in [0.15, 0.2) is 11.6 Å². The molecule has 6 nitrogen and oxygen atoms in total. The first-order chi connectivity index (χ1) is 14.9. The number of aromatic nitrogens is 6. The summed E-state index contributed by atoms with van der Waals surface area (Å²) in [7, 11) is 0. The molecule has 6 rings (SSSR count). The third-order valence-electron chi connectivity index (χ3n) is 5.33. The molecular weight excluding hydrogens is 372 g/mol. The summed E-state index contributed by atoms with van der Waals surface area (Å²) in [6, 6.07) is 21.1. The van der Waals surface area contributed by atoms with Gasteiger partial charge in [0, 0.05) is 11.1 Å². The van der Waals surface area contributed by atoms with Crippen molar-refractivity contribution >= 4 is 32.3 Å². The number of rotatable bonds is 2. The Labute approximate surface area is 171 Å². The maximum Gasteiger partial charge on any atom is 0.163 e. The second kappa shape index (κ2) is 6.63.